The molecule has 5 aromatic rings. The van der Waals surface area contributed by atoms with E-state index in [1.165, 1.54) is 54.4 Å². The molecule has 0 atom stereocenters. The Balaban J connectivity index is 1.37. The number of fused-ring (bicyclic) bond motifs is 5. The first-order chi connectivity index (χ1) is 18.2. The van der Waals surface area contributed by atoms with Crippen LogP contribution in [0.3, 0.4) is 0 Å². The van der Waals surface area contributed by atoms with Gasteiger partial charge in [-0.3, -0.25) is 0 Å². The molecule has 3 nitrogen and oxygen atoms in total. The lowest BCUT2D eigenvalue weighted by molar-refractivity contribution is 0.353. The third-order valence-electron chi connectivity index (χ3n) is 8.09. The van der Waals surface area contributed by atoms with Gasteiger partial charge in [-0.05, 0) is 63.9 Å². The maximum Gasteiger partial charge on any atom is 0.226 e. The van der Waals surface area contributed by atoms with Gasteiger partial charge in [-0.1, -0.05) is 110 Å². The zero-order valence-electron chi connectivity index (χ0n) is 20.5. The maximum atomic E-state index is 6.40. The van der Waals surface area contributed by atoms with E-state index in [0.717, 1.165) is 22.3 Å². The van der Waals surface area contributed by atoms with Gasteiger partial charge >= 0.3 is 0 Å². The topological polar surface area (TPSA) is 38.7 Å². The van der Waals surface area contributed by atoms with Crippen LogP contribution >= 0.6 is 11.6 Å². The minimum atomic E-state index is 0.161. The molecular weight excluding hydrogens is 474 g/mol. The van der Waals surface area contributed by atoms with Crippen LogP contribution < -0.4 is 0 Å². The minimum Gasteiger partial charge on any atom is -0.208 e. The summed E-state index contributed by atoms with van der Waals surface area (Å²) in [5.41, 5.74) is 10.0. The lowest BCUT2D eigenvalue weighted by Gasteiger charge is -2.36. The molecule has 0 bridgehead atoms. The molecule has 0 unspecified atom stereocenters. The summed E-state index contributed by atoms with van der Waals surface area (Å²) in [6, 6.07) is 34.3. The first kappa shape index (κ1) is 22.4. The minimum absolute atomic E-state index is 0.161. The molecule has 1 aromatic heterocycles. The normalized spacial score (nSPS) is 15.4. The molecule has 4 heteroatoms. The fourth-order valence-electron chi connectivity index (χ4n) is 6.44. The van der Waals surface area contributed by atoms with E-state index >= 15 is 0 Å². The van der Waals surface area contributed by atoms with Gasteiger partial charge in [0.25, 0.3) is 0 Å². The molecule has 0 amide bonds. The molecule has 1 fully saturated rings. The molecule has 0 saturated heterocycles. The van der Waals surface area contributed by atoms with Gasteiger partial charge in [0.2, 0.25) is 5.28 Å². The van der Waals surface area contributed by atoms with Crippen molar-refractivity contribution in [2.24, 2.45) is 0 Å². The molecule has 2 aliphatic rings. The van der Waals surface area contributed by atoms with Gasteiger partial charge in [0.15, 0.2) is 11.6 Å². The van der Waals surface area contributed by atoms with Crippen LogP contribution in [-0.4, -0.2) is 15.0 Å². The molecule has 7 rings (SSSR count). The van der Waals surface area contributed by atoms with Crippen LogP contribution in [0.15, 0.2) is 97.1 Å². The lowest BCUT2D eigenvalue weighted by Crippen LogP contribution is -2.27. The standard InChI is InChI=1S/C33H26ClN3/c34-32-36-30(22-11-3-1-4-12-22)35-31(37-32)26-15-6-5-13-24(26)23-17-18-29-27(21-23)25-14-7-8-16-28(25)33(29)19-9-2-10-20-33/h1,3-8,11-18,21H,2,9-10,19-20H2. The summed E-state index contributed by atoms with van der Waals surface area (Å²) >= 11 is 6.40. The molecule has 0 N–H and O–H groups in total. The number of hydrogen-bond donors (Lipinski definition) is 0. The number of aromatic nitrogens is 3. The van der Waals surface area contributed by atoms with E-state index in [9.17, 15) is 0 Å². The molecule has 37 heavy (non-hydrogen) atoms. The van der Waals surface area contributed by atoms with Crippen LogP contribution in [0.5, 0.6) is 0 Å². The van der Waals surface area contributed by atoms with E-state index in [0.29, 0.717) is 11.6 Å². The summed E-state index contributed by atoms with van der Waals surface area (Å²) in [5.74, 6) is 1.16. The summed E-state index contributed by atoms with van der Waals surface area (Å²) in [5, 5.41) is 0.195. The Kier molecular flexibility index (Phi) is 5.40. The van der Waals surface area contributed by atoms with Gasteiger partial charge in [0.1, 0.15) is 0 Å². The van der Waals surface area contributed by atoms with Gasteiger partial charge in [0.05, 0.1) is 0 Å². The Morgan fingerprint density at radius 2 is 1.16 bits per heavy atom. The van der Waals surface area contributed by atoms with E-state index in [1.807, 2.05) is 36.4 Å². The highest BCUT2D eigenvalue weighted by Gasteiger charge is 2.43. The Labute approximate surface area is 222 Å². The molecular formula is C33H26ClN3. The first-order valence-corrected chi connectivity index (χ1v) is 13.4. The summed E-state index contributed by atoms with van der Waals surface area (Å²) in [6.07, 6.45) is 6.39. The Morgan fingerprint density at radius 1 is 0.514 bits per heavy atom. The van der Waals surface area contributed by atoms with E-state index in [1.54, 1.807) is 0 Å². The second-order valence-corrected chi connectivity index (χ2v) is 10.5. The molecule has 0 aliphatic heterocycles. The molecule has 180 valence electrons. The zero-order valence-corrected chi connectivity index (χ0v) is 21.2. The largest absolute Gasteiger partial charge is 0.226 e. The average molecular weight is 500 g/mol. The van der Waals surface area contributed by atoms with Gasteiger partial charge in [-0.2, -0.15) is 9.97 Å². The van der Waals surface area contributed by atoms with Crippen molar-refractivity contribution < 1.29 is 0 Å². The van der Waals surface area contributed by atoms with Crippen molar-refractivity contribution in [3.63, 3.8) is 0 Å². The zero-order chi connectivity index (χ0) is 24.8. The maximum absolute atomic E-state index is 6.40. The van der Waals surface area contributed by atoms with Crippen LogP contribution in [0.2, 0.25) is 5.28 Å². The highest BCUT2D eigenvalue weighted by molar-refractivity contribution is 6.28. The Hall–Kier alpha value is -3.82. The van der Waals surface area contributed by atoms with E-state index in [-0.39, 0.29) is 10.7 Å². The van der Waals surface area contributed by atoms with Gasteiger partial charge < -0.3 is 0 Å². The van der Waals surface area contributed by atoms with E-state index in [2.05, 4.69) is 70.6 Å². The predicted octanol–water partition coefficient (Wildman–Crippen LogP) is 8.76. The number of benzene rings is 4. The number of rotatable bonds is 3. The average Bonchev–Trinajstić information content (AvgIpc) is 3.22. The quantitative estimate of drug-likeness (QED) is 0.249. The highest BCUT2D eigenvalue weighted by Crippen LogP contribution is 2.56. The Bertz CT molecular complexity index is 1620. The van der Waals surface area contributed by atoms with Crippen LogP contribution in [0.1, 0.15) is 43.2 Å². The van der Waals surface area contributed by atoms with Crippen LogP contribution in [0, 0.1) is 0 Å². The van der Waals surface area contributed by atoms with Crippen molar-refractivity contribution in [1.29, 1.82) is 0 Å². The highest BCUT2D eigenvalue weighted by atomic mass is 35.5. The first-order valence-electron chi connectivity index (χ1n) is 13.0. The predicted molar refractivity (Wildman–Crippen MR) is 150 cm³/mol. The molecule has 2 aliphatic carbocycles. The van der Waals surface area contributed by atoms with E-state index < -0.39 is 0 Å². The molecule has 1 saturated carbocycles. The van der Waals surface area contributed by atoms with Crippen molar-refractivity contribution >= 4 is 11.6 Å². The number of hydrogen-bond acceptors (Lipinski definition) is 3. The molecule has 1 heterocycles. The van der Waals surface area contributed by atoms with Crippen molar-refractivity contribution in [1.82, 2.24) is 15.0 Å². The monoisotopic (exact) mass is 499 g/mol. The van der Waals surface area contributed by atoms with Crippen molar-refractivity contribution in [3.8, 4) is 45.0 Å². The van der Waals surface area contributed by atoms with Crippen LogP contribution in [-0.2, 0) is 5.41 Å². The van der Waals surface area contributed by atoms with Gasteiger partial charge in [0, 0.05) is 16.5 Å². The smallest absolute Gasteiger partial charge is 0.208 e. The number of nitrogens with zero attached hydrogens (tertiary/aromatic N) is 3. The van der Waals surface area contributed by atoms with Crippen LogP contribution in [0.4, 0.5) is 0 Å². The summed E-state index contributed by atoms with van der Waals surface area (Å²) in [7, 11) is 0. The summed E-state index contributed by atoms with van der Waals surface area (Å²) in [6.45, 7) is 0. The number of halogens is 1. The SMILES string of the molecule is Clc1nc(-c2ccccc2)nc(-c2ccccc2-c2ccc3c(c2)-c2ccccc2C32CCCCC2)n1. The third-order valence-corrected chi connectivity index (χ3v) is 8.26. The van der Waals surface area contributed by atoms with Crippen molar-refractivity contribution in [2.45, 2.75) is 37.5 Å². The van der Waals surface area contributed by atoms with Gasteiger partial charge in [-0.15, -0.1) is 0 Å². The second kappa shape index (κ2) is 8.93. The Morgan fingerprint density at radius 3 is 1.97 bits per heavy atom. The second-order valence-electron chi connectivity index (χ2n) is 10.1. The third kappa shape index (κ3) is 3.69. The fourth-order valence-corrected chi connectivity index (χ4v) is 6.60. The molecule has 1 spiro atoms. The van der Waals surface area contributed by atoms with Gasteiger partial charge in [-0.25, -0.2) is 4.98 Å². The van der Waals surface area contributed by atoms with E-state index in [4.69, 9.17) is 16.6 Å². The van der Waals surface area contributed by atoms with Crippen molar-refractivity contribution in [2.75, 3.05) is 0 Å². The molecule has 0 radical (unpaired) electrons. The van der Waals surface area contributed by atoms with Crippen LogP contribution in [0.25, 0.3) is 45.0 Å². The summed E-state index contributed by atoms with van der Waals surface area (Å²) in [4.78, 5) is 13.8. The lowest BCUT2D eigenvalue weighted by atomic mass is 9.68. The fraction of sp³-hybridized carbons (Fsp3) is 0.182. The molecule has 4 aromatic carbocycles. The van der Waals surface area contributed by atoms with Crippen molar-refractivity contribution in [3.05, 3.63) is 113 Å². The summed E-state index contributed by atoms with van der Waals surface area (Å²) < 4.78 is 0.